The van der Waals surface area contributed by atoms with E-state index in [2.05, 4.69) is 15.0 Å². The van der Waals surface area contributed by atoms with Crippen LogP contribution in [0.1, 0.15) is 0 Å². The smallest absolute Gasteiger partial charge is 0.186 e. The zero-order valence-corrected chi connectivity index (χ0v) is 11.1. The van der Waals surface area contributed by atoms with Crippen LogP contribution in [0.25, 0.3) is 11.3 Å². The summed E-state index contributed by atoms with van der Waals surface area (Å²) in [5, 5.41) is 21.4. The first-order chi connectivity index (χ1) is 10.2. The van der Waals surface area contributed by atoms with Gasteiger partial charge in [-0.3, -0.25) is 9.98 Å². The van der Waals surface area contributed by atoms with Crippen molar-refractivity contribution in [3.63, 3.8) is 0 Å². The van der Waals surface area contributed by atoms with Crippen molar-refractivity contribution in [2.45, 2.75) is 12.1 Å². The second-order valence-electron chi connectivity index (χ2n) is 5.08. The van der Waals surface area contributed by atoms with E-state index in [9.17, 15) is 10.2 Å². The number of aromatic nitrogens is 1. The van der Waals surface area contributed by atoms with Crippen LogP contribution in [-0.2, 0) is 0 Å². The third-order valence-electron chi connectivity index (χ3n) is 3.76. The second-order valence-corrected chi connectivity index (χ2v) is 5.08. The molecular weight excluding hydrogens is 266 g/mol. The minimum atomic E-state index is -0.220. The quantitative estimate of drug-likeness (QED) is 0.686. The minimum absolute atomic E-state index is 0.0528. The van der Waals surface area contributed by atoms with E-state index in [0.717, 1.165) is 5.69 Å². The number of fused-ring (bicyclic) bond motifs is 2. The van der Waals surface area contributed by atoms with Gasteiger partial charge in [-0.15, -0.1) is 0 Å². The Morgan fingerprint density at radius 3 is 2.48 bits per heavy atom. The van der Waals surface area contributed by atoms with Crippen LogP contribution in [0.3, 0.4) is 0 Å². The van der Waals surface area contributed by atoms with Crippen molar-refractivity contribution in [1.82, 2.24) is 4.98 Å². The molecule has 0 saturated carbocycles. The van der Waals surface area contributed by atoms with E-state index in [4.69, 9.17) is 0 Å². The highest BCUT2D eigenvalue weighted by atomic mass is 16.3. The van der Waals surface area contributed by atoms with Crippen LogP contribution < -0.4 is 10.7 Å². The number of benzene rings is 1. The molecule has 5 heteroatoms. The molecule has 0 spiro atoms. The predicted octanol–water partition coefficient (Wildman–Crippen LogP) is 1.21. The summed E-state index contributed by atoms with van der Waals surface area (Å²) in [6.45, 7) is 0. The third-order valence-corrected chi connectivity index (χ3v) is 3.76. The number of nitrogens with one attached hydrogen (secondary N) is 1. The van der Waals surface area contributed by atoms with Gasteiger partial charge in [0.15, 0.2) is 11.5 Å². The van der Waals surface area contributed by atoms with E-state index in [1.54, 1.807) is 12.3 Å². The van der Waals surface area contributed by atoms with Gasteiger partial charge in [-0.2, -0.15) is 0 Å². The van der Waals surface area contributed by atoms with Crippen molar-refractivity contribution in [3.8, 4) is 22.8 Å². The average molecular weight is 279 g/mol. The number of phenolic OH excluding ortho intramolecular Hbond substituents is 2. The lowest BCUT2D eigenvalue weighted by molar-refractivity contribution is 0.397. The summed E-state index contributed by atoms with van der Waals surface area (Å²) in [7, 11) is 0. The number of allylic oxidation sites excluding steroid dienone is 2. The molecule has 0 radical (unpaired) electrons. The summed E-state index contributed by atoms with van der Waals surface area (Å²) in [5.41, 5.74) is 1.24. The van der Waals surface area contributed by atoms with Gasteiger partial charge in [0.05, 0.1) is 17.4 Å². The van der Waals surface area contributed by atoms with Gasteiger partial charge in [0.2, 0.25) is 0 Å². The SMILES string of the molecule is Oc1c(-c2ccc[nH]2)cc2c(c1O)=NC1C=CC=CC1N=2. The molecule has 0 bridgehead atoms. The maximum absolute atomic E-state index is 10.3. The monoisotopic (exact) mass is 279 g/mol. The van der Waals surface area contributed by atoms with Gasteiger partial charge in [0, 0.05) is 17.5 Å². The molecule has 0 fully saturated rings. The molecule has 1 aliphatic carbocycles. The molecule has 1 aromatic heterocycles. The largest absolute Gasteiger partial charge is 0.504 e. The van der Waals surface area contributed by atoms with Gasteiger partial charge < -0.3 is 15.2 Å². The number of hydrogen-bond acceptors (Lipinski definition) is 4. The zero-order valence-electron chi connectivity index (χ0n) is 11.1. The normalized spacial score (nSPS) is 22.1. The number of aromatic amines is 1. The lowest BCUT2D eigenvalue weighted by atomic mass is 10.0. The van der Waals surface area contributed by atoms with Crippen LogP contribution >= 0.6 is 0 Å². The minimum Gasteiger partial charge on any atom is -0.504 e. The van der Waals surface area contributed by atoms with Crippen molar-refractivity contribution >= 4 is 0 Å². The molecule has 21 heavy (non-hydrogen) atoms. The molecule has 1 aliphatic heterocycles. The Hall–Kier alpha value is -2.82. The zero-order chi connectivity index (χ0) is 14.4. The first kappa shape index (κ1) is 12.0. The molecule has 4 rings (SSSR count). The second kappa shape index (κ2) is 4.34. The summed E-state index contributed by atoms with van der Waals surface area (Å²) in [4.78, 5) is 12.1. The molecule has 3 N–H and O–H groups in total. The van der Waals surface area contributed by atoms with Crippen LogP contribution in [0, 0.1) is 0 Å². The summed E-state index contributed by atoms with van der Waals surface area (Å²) in [5.74, 6) is -0.397. The van der Waals surface area contributed by atoms with Gasteiger partial charge in [-0.05, 0) is 18.2 Å². The number of rotatable bonds is 1. The Kier molecular flexibility index (Phi) is 2.47. The van der Waals surface area contributed by atoms with E-state index in [-0.39, 0.29) is 23.6 Å². The van der Waals surface area contributed by atoms with E-state index in [0.29, 0.717) is 16.3 Å². The molecule has 2 aromatic rings. The fourth-order valence-corrected chi connectivity index (χ4v) is 2.70. The maximum atomic E-state index is 10.3. The van der Waals surface area contributed by atoms with Crippen molar-refractivity contribution in [1.29, 1.82) is 0 Å². The van der Waals surface area contributed by atoms with Crippen LogP contribution in [0.5, 0.6) is 11.5 Å². The predicted molar refractivity (Wildman–Crippen MR) is 77.7 cm³/mol. The van der Waals surface area contributed by atoms with Crippen LogP contribution in [0.4, 0.5) is 0 Å². The molecule has 2 atom stereocenters. The van der Waals surface area contributed by atoms with Crippen molar-refractivity contribution in [2.24, 2.45) is 9.98 Å². The molecule has 5 nitrogen and oxygen atoms in total. The van der Waals surface area contributed by atoms with Crippen molar-refractivity contribution in [3.05, 3.63) is 59.4 Å². The molecular formula is C16H13N3O2. The summed E-state index contributed by atoms with van der Waals surface area (Å²) < 4.78 is 0. The first-order valence-electron chi connectivity index (χ1n) is 6.73. The summed E-state index contributed by atoms with van der Waals surface area (Å²) in [6.07, 6.45) is 9.53. The number of aromatic hydroxyl groups is 2. The molecule has 0 amide bonds. The Bertz CT molecular complexity index is 879. The number of phenols is 2. The molecule has 104 valence electrons. The van der Waals surface area contributed by atoms with E-state index < -0.39 is 0 Å². The average Bonchev–Trinajstić information content (AvgIpc) is 3.03. The molecule has 0 saturated heterocycles. The van der Waals surface area contributed by atoms with Crippen LogP contribution in [0.2, 0.25) is 0 Å². The molecule has 1 aromatic carbocycles. The fourth-order valence-electron chi connectivity index (χ4n) is 2.70. The third kappa shape index (κ3) is 1.78. The summed E-state index contributed by atoms with van der Waals surface area (Å²) >= 11 is 0. The number of nitrogens with zero attached hydrogens (tertiary/aromatic N) is 2. The van der Waals surface area contributed by atoms with Crippen molar-refractivity contribution in [2.75, 3.05) is 0 Å². The highest BCUT2D eigenvalue weighted by Gasteiger charge is 2.23. The highest BCUT2D eigenvalue weighted by molar-refractivity contribution is 5.70. The van der Waals surface area contributed by atoms with Crippen molar-refractivity contribution < 1.29 is 10.2 Å². The Morgan fingerprint density at radius 2 is 1.76 bits per heavy atom. The lowest BCUT2D eigenvalue weighted by Gasteiger charge is -2.20. The number of hydrogen-bond donors (Lipinski definition) is 3. The Labute approximate surface area is 120 Å². The van der Waals surface area contributed by atoms with Gasteiger partial charge in [0.25, 0.3) is 0 Å². The van der Waals surface area contributed by atoms with E-state index in [1.165, 1.54) is 0 Å². The lowest BCUT2D eigenvalue weighted by Crippen LogP contribution is -2.38. The molecule has 2 heterocycles. The van der Waals surface area contributed by atoms with Crippen LogP contribution in [-0.4, -0.2) is 27.3 Å². The van der Waals surface area contributed by atoms with E-state index in [1.807, 2.05) is 36.4 Å². The fraction of sp³-hybridized carbons (Fsp3) is 0.125. The van der Waals surface area contributed by atoms with Gasteiger partial charge in [-0.25, -0.2) is 0 Å². The molecule has 2 aliphatic rings. The maximum Gasteiger partial charge on any atom is 0.186 e. The van der Waals surface area contributed by atoms with E-state index >= 15 is 0 Å². The van der Waals surface area contributed by atoms with Gasteiger partial charge in [0.1, 0.15) is 5.36 Å². The number of H-pyrrole nitrogens is 1. The first-order valence-corrected chi connectivity index (χ1v) is 6.73. The topological polar surface area (TPSA) is 81.0 Å². The Balaban J connectivity index is 2.01. The molecule has 2 unspecified atom stereocenters. The van der Waals surface area contributed by atoms with Gasteiger partial charge in [-0.1, -0.05) is 24.3 Å². The Morgan fingerprint density at radius 1 is 1.00 bits per heavy atom. The summed E-state index contributed by atoms with van der Waals surface area (Å²) in [6, 6.07) is 5.24. The standard InChI is InChI=1S/C16H13N3O2/c20-15-9(10-6-3-7-17-10)8-13-14(16(15)21)19-12-5-2-1-4-11(12)18-13/h1-8,11-12,17,20-21H. The van der Waals surface area contributed by atoms with Gasteiger partial charge >= 0.3 is 0 Å². The van der Waals surface area contributed by atoms with Crippen LogP contribution in [0.15, 0.2) is 58.7 Å². The highest BCUT2D eigenvalue weighted by Crippen LogP contribution is 2.32.